The Hall–Kier alpha value is -3.35. The van der Waals surface area contributed by atoms with Gasteiger partial charge in [0.25, 0.3) is 0 Å². The lowest BCUT2D eigenvalue weighted by molar-refractivity contribution is -0.137. The zero-order valence-corrected chi connectivity index (χ0v) is 14.3. The van der Waals surface area contributed by atoms with E-state index < -0.39 is 11.7 Å². The molecule has 0 aliphatic rings. The van der Waals surface area contributed by atoms with E-state index in [1.807, 2.05) is 41.9 Å². The van der Waals surface area contributed by atoms with Crippen molar-refractivity contribution < 1.29 is 13.2 Å². The lowest BCUT2D eigenvalue weighted by Crippen LogP contribution is -2.04. The average Bonchev–Trinajstić information content (AvgIpc) is 2.98. The molecule has 0 atom stereocenters. The third-order valence-electron chi connectivity index (χ3n) is 4.33. The summed E-state index contributed by atoms with van der Waals surface area (Å²) < 4.78 is 40.9. The van der Waals surface area contributed by atoms with E-state index in [4.69, 9.17) is 0 Å². The van der Waals surface area contributed by atoms with Crippen LogP contribution in [0.5, 0.6) is 0 Å². The molecule has 1 N–H and O–H groups in total. The Bertz CT molecular complexity index is 1100. The number of hydrogen-bond donors (Lipinski definition) is 1. The minimum atomic E-state index is -4.37. The van der Waals surface area contributed by atoms with Gasteiger partial charge in [-0.05, 0) is 35.9 Å². The van der Waals surface area contributed by atoms with Crippen LogP contribution in [0.2, 0.25) is 0 Å². The number of anilines is 2. The van der Waals surface area contributed by atoms with E-state index in [-0.39, 0.29) is 0 Å². The van der Waals surface area contributed by atoms with E-state index in [0.717, 1.165) is 23.0 Å². The van der Waals surface area contributed by atoms with Crippen molar-refractivity contribution in [2.24, 2.45) is 7.05 Å². The van der Waals surface area contributed by atoms with Gasteiger partial charge >= 0.3 is 6.18 Å². The predicted molar refractivity (Wildman–Crippen MR) is 98.7 cm³/mol. The summed E-state index contributed by atoms with van der Waals surface area (Å²) in [4.78, 5) is 8.56. The Morgan fingerprint density at radius 2 is 1.78 bits per heavy atom. The van der Waals surface area contributed by atoms with Gasteiger partial charge < -0.3 is 9.88 Å². The number of fused-ring (bicyclic) bond motifs is 1. The van der Waals surface area contributed by atoms with Crippen LogP contribution < -0.4 is 5.32 Å². The number of aromatic nitrogens is 3. The first-order valence-electron chi connectivity index (χ1n) is 8.23. The molecule has 0 unspecified atom stereocenters. The second-order valence-corrected chi connectivity index (χ2v) is 6.14. The molecule has 0 fully saturated rings. The first kappa shape index (κ1) is 17.1. The summed E-state index contributed by atoms with van der Waals surface area (Å²) in [6.07, 6.45) is -1.01. The number of nitrogens with zero attached hydrogens (tertiary/aromatic N) is 3. The normalized spacial score (nSPS) is 11.7. The number of hydrogen-bond acceptors (Lipinski definition) is 3. The largest absolute Gasteiger partial charge is 0.416 e. The highest BCUT2D eigenvalue weighted by Crippen LogP contribution is 2.34. The average molecular weight is 368 g/mol. The van der Waals surface area contributed by atoms with Crippen molar-refractivity contribution in [3.05, 3.63) is 72.6 Å². The first-order chi connectivity index (χ1) is 12.9. The van der Waals surface area contributed by atoms with E-state index in [2.05, 4.69) is 15.3 Å². The van der Waals surface area contributed by atoms with Gasteiger partial charge in [-0.2, -0.15) is 13.2 Å². The van der Waals surface area contributed by atoms with Gasteiger partial charge in [-0.15, -0.1) is 0 Å². The second-order valence-electron chi connectivity index (χ2n) is 6.14. The lowest BCUT2D eigenvalue weighted by Gasteiger charge is -2.10. The molecule has 4 aromatic rings. The quantitative estimate of drug-likeness (QED) is 0.527. The van der Waals surface area contributed by atoms with Crippen molar-refractivity contribution in [1.29, 1.82) is 0 Å². The first-order valence-corrected chi connectivity index (χ1v) is 8.23. The van der Waals surface area contributed by atoms with Crippen LogP contribution in [0.1, 0.15) is 5.56 Å². The summed E-state index contributed by atoms with van der Waals surface area (Å²) in [5.41, 5.74) is 1.38. The summed E-state index contributed by atoms with van der Waals surface area (Å²) in [5, 5.41) is 3.96. The van der Waals surface area contributed by atoms with E-state index >= 15 is 0 Å². The maximum absolute atomic E-state index is 13.0. The van der Waals surface area contributed by atoms with Crippen molar-refractivity contribution in [2.75, 3.05) is 5.32 Å². The molecule has 3 heterocycles. The van der Waals surface area contributed by atoms with Crippen LogP contribution in [0.4, 0.5) is 24.8 Å². The van der Waals surface area contributed by atoms with Crippen LogP contribution in [0, 0.1) is 0 Å². The zero-order chi connectivity index (χ0) is 19.0. The fourth-order valence-electron chi connectivity index (χ4n) is 3.00. The molecule has 0 aliphatic carbocycles. The monoisotopic (exact) mass is 368 g/mol. The van der Waals surface area contributed by atoms with Crippen LogP contribution in [0.15, 0.2) is 67.0 Å². The highest BCUT2D eigenvalue weighted by atomic mass is 19.4. The second kappa shape index (κ2) is 6.42. The minimum absolute atomic E-state index is 0.503. The molecule has 136 valence electrons. The Labute approximate surface area is 153 Å². The zero-order valence-electron chi connectivity index (χ0n) is 14.3. The van der Waals surface area contributed by atoms with Gasteiger partial charge in [-0.25, -0.2) is 9.97 Å². The van der Waals surface area contributed by atoms with Gasteiger partial charge in [0.1, 0.15) is 11.6 Å². The van der Waals surface area contributed by atoms with Gasteiger partial charge in [-0.3, -0.25) is 0 Å². The third kappa shape index (κ3) is 3.36. The number of nitrogens with one attached hydrogen (secondary N) is 1. The number of alkyl halides is 3. The van der Waals surface area contributed by atoms with Crippen LogP contribution in [-0.4, -0.2) is 14.5 Å². The SMILES string of the molecule is Cn1c(-c2cccc(C(F)(F)F)c2)cc2cnc(Nc3ccccn3)cc21. The topological polar surface area (TPSA) is 42.7 Å². The molecule has 0 amide bonds. The standard InChI is InChI=1S/C20H15F3N4/c1-27-16(13-5-4-6-15(9-13)20(21,22)23)10-14-12-25-19(11-17(14)27)26-18-7-2-3-8-24-18/h2-12H,1H3,(H,24,25,26). The number of aryl methyl sites for hydroxylation is 1. The maximum Gasteiger partial charge on any atom is 0.416 e. The highest BCUT2D eigenvalue weighted by molar-refractivity contribution is 5.88. The summed E-state index contributed by atoms with van der Waals surface area (Å²) in [6.45, 7) is 0. The molecule has 27 heavy (non-hydrogen) atoms. The van der Waals surface area contributed by atoms with Gasteiger partial charge in [0, 0.05) is 36.6 Å². The fourth-order valence-corrected chi connectivity index (χ4v) is 3.00. The number of pyridine rings is 2. The molecule has 7 heteroatoms. The van der Waals surface area contributed by atoms with Crippen molar-refractivity contribution in [1.82, 2.24) is 14.5 Å². The lowest BCUT2D eigenvalue weighted by atomic mass is 10.1. The Morgan fingerprint density at radius 3 is 2.52 bits per heavy atom. The molecule has 0 bridgehead atoms. The predicted octanol–water partition coefficient (Wildman–Crippen LogP) is 5.40. The fraction of sp³-hybridized carbons (Fsp3) is 0.100. The summed E-state index contributed by atoms with van der Waals surface area (Å²) in [7, 11) is 1.82. The number of halogens is 3. The molecule has 1 aromatic carbocycles. The molecule has 0 radical (unpaired) electrons. The highest BCUT2D eigenvalue weighted by Gasteiger charge is 2.30. The van der Waals surface area contributed by atoms with E-state index in [9.17, 15) is 13.2 Å². The molecule has 0 aliphatic heterocycles. The molecular formula is C20H15F3N4. The van der Waals surface area contributed by atoms with Crippen molar-refractivity contribution >= 4 is 22.5 Å². The number of rotatable bonds is 3. The van der Waals surface area contributed by atoms with Crippen molar-refractivity contribution in [2.45, 2.75) is 6.18 Å². The van der Waals surface area contributed by atoms with Crippen molar-refractivity contribution in [3.63, 3.8) is 0 Å². The number of benzene rings is 1. The van der Waals surface area contributed by atoms with Gasteiger partial charge in [0.05, 0.1) is 11.1 Å². The molecule has 4 rings (SSSR count). The van der Waals surface area contributed by atoms with Crippen LogP contribution in [0.25, 0.3) is 22.2 Å². The van der Waals surface area contributed by atoms with Gasteiger partial charge in [-0.1, -0.05) is 18.2 Å². The molecule has 0 saturated carbocycles. The van der Waals surface area contributed by atoms with Crippen LogP contribution >= 0.6 is 0 Å². The summed E-state index contributed by atoms with van der Waals surface area (Å²) in [5.74, 6) is 1.27. The van der Waals surface area contributed by atoms with Crippen molar-refractivity contribution in [3.8, 4) is 11.3 Å². The molecule has 3 aromatic heterocycles. The molecular weight excluding hydrogens is 353 g/mol. The molecule has 0 saturated heterocycles. The third-order valence-corrected chi connectivity index (χ3v) is 4.33. The van der Waals surface area contributed by atoms with E-state index in [1.165, 1.54) is 6.07 Å². The van der Waals surface area contributed by atoms with Crippen LogP contribution in [0.3, 0.4) is 0 Å². The summed E-state index contributed by atoms with van der Waals surface area (Å²) >= 11 is 0. The van der Waals surface area contributed by atoms with Gasteiger partial charge in [0.15, 0.2) is 0 Å². The van der Waals surface area contributed by atoms with E-state index in [1.54, 1.807) is 18.5 Å². The molecule has 0 spiro atoms. The van der Waals surface area contributed by atoms with Crippen LogP contribution in [-0.2, 0) is 13.2 Å². The Balaban J connectivity index is 1.74. The van der Waals surface area contributed by atoms with Gasteiger partial charge in [0.2, 0.25) is 0 Å². The van der Waals surface area contributed by atoms with E-state index in [0.29, 0.717) is 22.9 Å². The smallest absolute Gasteiger partial charge is 0.343 e. The summed E-state index contributed by atoms with van der Waals surface area (Å²) in [6, 6.07) is 14.5. The Kier molecular flexibility index (Phi) is 4.07. The minimum Gasteiger partial charge on any atom is -0.343 e. The Morgan fingerprint density at radius 1 is 0.926 bits per heavy atom. The maximum atomic E-state index is 13.0. The molecule has 4 nitrogen and oxygen atoms in total.